The molecular formula is C24H37FN2O4S. The number of piperazine rings is 1. The van der Waals surface area contributed by atoms with Crippen molar-refractivity contribution < 1.29 is 22.3 Å². The Morgan fingerprint density at radius 3 is 2.34 bits per heavy atom. The van der Waals surface area contributed by atoms with Gasteiger partial charge in [-0.3, -0.25) is 9.69 Å². The smallest absolute Gasteiger partial charge is 0.214 e. The lowest BCUT2D eigenvalue weighted by atomic mass is 9.82. The molecule has 2 fully saturated rings. The van der Waals surface area contributed by atoms with Crippen LogP contribution < -0.4 is 4.74 Å². The summed E-state index contributed by atoms with van der Waals surface area (Å²) in [5, 5.41) is 0. The van der Waals surface area contributed by atoms with Crippen LogP contribution in [0.4, 0.5) is 4.39 Å². The summed E-state index contributed by atoms with van der Waals surface area (Å²) in [5.74, 6) is -0.302. The van der Waals surface area contributed by atoms with Crippen LogP contribution in [0.25, 0.3) is 0 Å². The number of hydrogen-bond acceptors (Lipinski definition) is 5. The maximum absolute atomic E-state index is 14.4. The Kier molecular flexibility index (Phi) is 8.69. The Morgan fingerprint density at radius 1 is 1.09 bits per heavy atom. The van der Waals surface area contributed by atoms with E-state index in [1.165, 1.54) is 26.0 Å². The average molecular weight is 469 g/mol. The van der Waals surface area contributed by atoms with Gasteiger partial charge in [0.25, 0.3) is 0 Å². The van der Waals surface area contributed by atoms with Gasteiger partial charge in [0.15, 0.2) is 5.78 Å². The molecule has 32 heavy (non-hydrogen) atoms. The van der Waals surface area contributed by atoms with Gasteiger partial charge in [-0.1, -0.05) is 38.7 Å². The number of benzene rings is 1. The van der Waals surface area contributed by atoms with Gasteiger partial charge in [0, 0.05) is 38.1 Å². The standard InChI is InChI=1S/C24H37FN2O4S/c1-3-19-32(29,30)27-17-15-26(16-18-27)24(12-6-4-5-7-13-24)14-11-21(28)23-20(25)9-8-10-22(23)31-2/h8-10H,3-7,11-19H2,1-2H3. The Balaban J connectivity index is 1.74. The Hall–Kier alpha value is -1.51. The molecule has 0 aromatic heterocycles. The van der Waals surface area contributed by atoms with Crippen molar-refractivity contribution >= 4 is 15.8 Å². The molecule has 1 aromatic rings. The van der Waals surface area contributed by atoms with Crippen molar-refractivity contribution in [3.63, 3.8) is 0 Å². The van der Waals surface area contributed by atoms with E-state index in [1.54, 1.807) is 16.4 Å². The minimum absolute atomic E-state index is 0.0363. The van der Waals surface area contributed by atoms with Crippen LogP contribution in [0.1, 0.15) is 75.1 Å². The molecule has 1 aromatic carbocycles. The van der Waals surface area contributed by atoms with Gasteiger partial charge in [0.2, 0.25) is 10.0 Å². The topological polar surface area (TPSA) is 66.9 Å². The number of halogens is 1. The second kappa shape index (κ2) is 11.1. The van der Waals surface area contributed by atoms with E-state index in [4.69, 9.17) is 4.74 Å². The van der Waals surface area contributed by atoms with Crippen molar-refractivity contribution in [2.45, 2.75) is 70.3 Å². The van der Waals surface area contributed by atoms with Gasteiger partial charge >= 0.3 is 0 Å². The minimum Gasteiger partial charge on any atom is -0.496 e. The molecule has 0 N–H and O–H groups in total. The second-order valence-electron chi connectivity index (χ2n) is 9.08. The molecule has 3 rings (SSSR count). The lowest BCUT2D eigenvalue weighted by molar-refractivity contribution is 0.0319. The van der Waals surface area contributed by atoms with Crippen LogP contribution in [-0.4, -0.2) is 68.0 Å². The van der Waals surface area contributed by atoms with Gasteiger partial charge in [-0.2, -0.15) is 4.31 Å². The quantitative estimate of drug-likeness (QED) is 0.400. The van der Waals surface area contributed by atoms with Crippen molar-refractivity contribution in [1.82, 2.24) is 9.21 Å². The van der Waals surface area contributed by atoms with Crippen LogP contribution in [0.2, 0.25) is 0 Å². The van der Waals surface area contributed by atoms with Crippen LogP contribution >= 0.6 is 0 Å². The molecule has 0 atom stereocenters. The second-order valence-corrected chi connectivity index (χ2v) is 11.2. The average Bonchev–Trinajstić information content (AvgIpc) is 3.04. The van der Waals surface area contributed by atoms with E-state index in [9.17, 15) is 17.6 Å². The summed E-state index contributed by atoms with van der Waals surface area (Å²) in [5.41, 5.74) is -0.0973. The maximum atomic E-state index is 14.4. The highest BCUT2D eigenvalue weighted by molar-refractivity contribution is 7.89. The van der Waals surface area contributed by atoms with Crippen molar-refractivity contribution in [3.05, 3.63) is 29.6 Å². The summed E-state index contributed by atoms with van der Waals surface area (Å²) in [6.45, 7) is 4.24. The number of carbonyl (C=O) groups excluding carboxylic acids is 1. The first-order valence-corrected chi connectivity index (χ1v) is 13.5. The fraction of sp³-hybridized carbons (Fsp3) is 0.708. The Bertz CT molecular complexity index is 874. The third-order valence-electron chi connectivity index (χ3n) is 7.09. The monoisotopic (exact) mass is 468 g/mol. The highest BCUT2D eigenvalue weighted by Gasteiger charge is 2.40. The molecule has 6 nitrogen and oxygen atoms in total. The molecule has 1 aliphatic heterocycles. The summed E-state index contributed by atoms with van der Waals surface area (Å²) in [6, 6.07) is 4.46. The van der Waals surface area contributed by atoms with Gasteiger partial charge in [-0.05, 0) is 37.8 Å². The summed E-state index contributed by atoms with van der Waals surface area (Å²) < 4.78 is 46.2. The first-order valence-electron chi connectivity index (χ1n) is 11.9. The number of nitrogens with zero attached hydrogens (tertiary/aromatic N) is 2. The summed E-state index contributed by atoms with van der Waals surface area (Å²) >= 11 is 0. The number of rotatable bonds is 9. The largest absolute Gasteiger partial charge is 0.496 e. The molecule has 0 radical (unpaired) electrons. The number of methoxy groups -OCH3 is 1. The summed E-state index contributed by atoms with van der Waals surface area (Å²) in [6.07, 6.45) is 8.10. The fourth-order valence-electron chi connectivity index (χ4n) is 5.35. The van der Waals surface area contributed by atoms with E-state index in [0.717, 1.165) is 25.7 Å². The van der Waals surface area contributed by atoms with Crippen LogP contribution in [0.3, 0.4) is 0 Å². The highest BCUT2D eigenvalue weighted by Crippen LogP contribution is 2.38. The first-order chi connectivity index (χ1) is 15.3. The van der Waals surface area contributed by atoms with Gasteiger partial charge in [0.05, 0.1) is 18.4 Å². The zero-order valence-electron chi connectivity index (χ0n) is 19.4. The van der Waals surface area contributed by atoms with Gasteiger partial charge in [-0.25, -0.2) is 12.8 Å². The molecule has 0 unspecified atom stereocenters. The molecule has 1 heterocycles. The molecule has 0 bridgehead atoms. The zero-order chi connectivity index (χ0) is 23.2. The van der Waals surface area contributed by atoms with Crippen molar-refractivity contribution in [3.8, 4) is 5.75 Å². The molecule has 1 saturated carbocycles. The molecule has 2 aliphatic rings. The molecular weight excluding hydrogens is 431 g/mol. The Morgan fingerprint density at radius 2 is 1.75 bits per heavy atom. The molecule has 180 valence electrons. The van der Waals surface area contributed by atoms with E-state index in [2.05, 4.69) is 4.90 Å². The van der Waals surface area contributed by atoms with E-state index < -0.39 is 15.8 Å². The number of sulfonamides is 1. The van der Waals surface area contributed by atoms with Crippen LogP contribution in [-0.2, 0) is 10.0 Å². The molecule has 1 saturated heterocycles. The third kappa shape index (κ3) is 5.69. The number of ether oxygens (including phenoxy) is 1. The molecule has 0 spiro atoms. The Labute approximate surface area is 192 Å². The lowest BCUT2D eigenvalue weighted by Gasteiger charge is -2.48. The molecule has 1 aliphatic carbocycles. The number of carbonyl (C=O) groups is 1. The van der Waals surface area contributed by atoms with Crippen LogP contribution in [0, 0.1) is 5.82 Å². The minimum atomic E-state index is -3.19. The summed E-state index contributed by atoms with van der Waals surface area (Å²) in [4.78, 5) is 15.4. The lowest BCUT2D eigenvalue weighted by Crippen LogP contribution is -2.58. The van der Waals surface area contributed by atoms with E-state index in [-0.39, 0.29) is 34.8 Å². The fourth-order valence-corrected chi connectivity index (χ4v) is 6.85. The van der Waals surface area contributed by atoms with E-state index in [1.807, 2.05) is 6.92 Å². The SMILES string of the molecule is CCCS(=O)(=O)N1CCN(C2(CCC(=O)c3c(F)cccc3OC)CCCCCC2)CC1. The normalized spacial score (nSPS) is 20.6. The predicted octanol–water partition coefficient (Wildman–Crippen LogP) is 4.25. The number of ketones is 1. The van der Waals surface area contributed by atoms with Gasteiger partial charge < -0.3 is 4.74 Å². The maximum Gasteiger partial charge on any atom is 0.214 e. The van der Waals surface area contributed by atoms with Gasteiger partial charge in [-0.15, -0.1) is 0 Å². The summed E-state index contributed by atoms with van der Waals surface area (Å²) in [7, 11) is -1.74. The van der Waals surface area contributed by atoms with Crippen molar-refractivity contribution in [1.29, 1.82) is 0 Å². The highest BCUT2D eigenvalue weighted by atomic mass is 32.2. The third-order valence-corrected chi connectivity index (χ3v) is 9.17. The zero-order valence-corrected chi connectivity index (χ0v) is 20.3. The van der Waals surface area contributed by atoms with E-state index >= 15 is 0 Å². The molecule has 8 heteroatoms. The van der Waals surface area contributed by atoms with Crippen LogP contribution in [0.5, 0.6) is 5.75 Å². The van der Waals surface area contributed by atoms with Crippen LogP contribution in [0.15, 0.2) is 18.2 Å². The number of Topliss-reactive ketones (excluding diaryl/α,β-unsaturated/α-hetero) is 1. The molecule has 0 amide bonds. The first kappa shape index (κ1) is 25.1. The predicted molar refractivity (Wildman–Crippen MR) is 124 cm³/mol. The van der Waals surface area contributed by atoms with Crippen molar-refractivity contribution in [2.75, 3.05) is 39.0 Å². The van der Waals surface area contributed by atoms with Gasteiger partial charge in [0.1, 0.15) is 11.6 Å². The van der Waals surface area contributed by atoms with E-state index in [0.29, 0.717) is 39.0 Å². The number of hydrogen-bond donors (Lipinski definition) is 0. The van der Waals surface area contributed by atoms with Crippen molar-refractivity contribution in [2.24, 2.45) is 0 Å².